The number of aryl methyl sites for hydroxylation is 1. The van der Waals surface area contributed by atoms with E-state index in [1.54, 1.807) is 61.5 Å². The minimum atomic E-state index is -0.386. The maximum atomic E-state index is 12.5. The van der Waals surface area contributed by atoms with Gasteiger partial charge >= 0.3 is 0 Å². The highest BCUT2D eigenvalue weighted by Crippen LogP contribution is 2.22. The summed E-state index contributed by atoms with van der Waals surface area (Å²) < 4.78 is 0. The van der Waals surface area contributed by atoms with Crippen molar-refractivity contribution >= 4 is 46.3 Å². The second-order valence-corrected chi connectivity index (χ2v) is 6.41. The summed E-state index contributed by atoms with van der Waals surface area (Å²) >= 11 is 6.08. The van der Waals surface area contributed by atoms with Crippen LogP contribution in [0.2, 0.25) is 5.02 Å². The van der Waals surface area contributed by atoms with Crippen LogP contribution in [0.1, 0.15) is 23.2 Å². The van der Waals surface area contributed by atoms with E-state index in [1.165, 1.54) is 6.92 Å². The summed E-state index contributed by atoms with van der Waals surface area (Å²) in [6.07, 6.45) is 0. The number of hydrogen-bond donors (Lipinski definition) is 3. The quantitative estimate of drug-likeness (QED) is 0.595. The number of carbonyl (C=O) groups is 2. The van der Waals surface area contributed by atoms with Crippen LogP contribution < -0.4 is 16.0 Å². The van der Waals surface area contributed by atoms with Gasteiger partial charge in [0.2, 0.25) is 5.91 Å². The number of benzene rings is 2. The highest BCUT2D eigenvalue weighted by Gasteiger charge is 2.12. The van der Waals surface area contributed by atoms with E-state index in [4.69, 9.17) is 11.6 Å². The van der Waals surface area contributed by atoms with Gasteiger partial charge in [-0.25, -0.2) is 9.97 Å². The molecule has 0 spiro atoms. The summed E-state index contributed by atoms with van der Waals surface area (Å²) in [5, 5.41) is 9.01. The molecule has 2 aromatic carbocycles. The van der Waals surface area contributed by atoms with Gasteiger partial charge in [-0.2, -0.15) is 0 Å². The third kappa shape index (κ3) is 5.05. The Balaban J connectivity index is 1.76. The number of anilines is 4. The zero-order chi connectivity index (χ0) is 20.1. The number of para-hydroxylation sites is 1. The van der Waals surface area contributed by atoms with Gasteiger partial charge in [-0.05, 0) is 43.3 Å². The molecule has 1 heterocycles. The van der Waals surface area contributed by atoms with Crippen molar-refractivity contribution in [3.63, 3.8) is 0 Å². The summed E-state index contributed by atoms with van der Waals surface area (Å²) in [6.45, 7) is 3.16. The number of nitrogens with zero attached hydrogens (tertiary/aromatic N) is 2. The molecular formula is C20H18ClN5O2. The van der Waals surface area contributed by atoms with Gasteiger partial charge in [0, 0.05) is 24.4 Å². The fourth-order valence-corrected chi connectivity index (χ4v) is 2.67. The predicted molar refractivity (Wildman–Crippen MR) is 110 cm³/mol. The van der Waals surface area contributed by atoms with Crippen LogP contribution in [0.25, 0.3) is 0 Å². The van der Waals surface area contributed by atoms with E-state index >= 15 is 0 Å². The molecule has 7 nitrogen and oxygen atoms in total. The van der Waals surface area contributed by atoms with Crippen LogP contribution in [0, 0.1) is 6.92 Å². The Morgan fingerprint density at radius 2 is 1.61 bits per heavy atom. The second kappa shape index (κ2) is 8.49. The molecule has 142 valence electrons. The number of hydrogen-bond acceptors (Lipinski definition) is 5. The lowest BCUT2D eigenvalue weighted by molar-refractivity contribution is -0.114. The smallest absolute Gasteiger partial charge is 0.274 e. The Kier molecular flexibility index (Phi) is 5.86. The molecule has 0 saturated heterocycles. The van der Waals surface area contributed by atoms with Gasteiger partial charge in [0.1, 0.15) is 17.3 Å². The Morgan fingerprint density at radius 1 is 0.929 bits per heavy atom. The third-order valence-corrected chi connectivity index (χ3v) is 4.00. The van der Waals surface area contributed by atoms with Gasteiger partial charge in [-0.1, -0.05) is 23.7 Å². The SMILES string of the molecule is CC(=O)Nc1ccc(Nc2cc(C(=O)Nc3ccccc3Cl)nc(C)n2)cc1. The number of nitrogens with one attached hydrogen (secondary N) is 3. The van der Waals surface area contributed by atoms with E-state index in [2.05, 4.69) is 25.9 Å². The van der Waals surface area contributed by atoms with Crippen LogP contribution in [0.5, 0.6) is 0 Å². The summed E-state index contributed by atoms with van der Waals surface area (Å²) in [5.41, 5.74) is 2.17. The number of halogens is 1. The lowest BCUT2D eigenvalue weighted by atomic mass is 10.2. The first-order valence-electron chi connectivity index (χ1n) is 8.47. The highest BCUT2D eigenvalue weighted by atomic mass is 35.5. The van der Waals surface area contributed by atoms with Gasteiger partial charge in [0.25, 0.3) is 5.91 Å². The normalized spacial score (nSPS) is 10.2. The molecule has 3 rings (SSSR count). The maximum absolute atomic E-state index is 12.5. The van der Waals surface area contributed by atoms with Crippen LogP contribution in [0.3, 0.4) is 0 Å². The minimum absolute atomic E-state index is 0.138. The zero-order valence-corrected chi connectivity index (χ0v) is 16.0. The number of aromatic nitrogens is 2. The van der Waals surface area contributed by atoms with E-state index in [-0.39, 0.29) is 17.5 Å². The van der Waals surface area contributed by atoms with Crippen molar-refractivity contribution in [2.45, 2.75) is 13.8 Å². The largest absolute Gasteiger partial charge is 0.340 e. The molecule has 0 aliphatic carbocycles. The average molecular weight is 396 g/mol. The molecule has 0 unspecified atom stereocenters. The van der Waals surface area contributed by atoms with Crippen LogP contribution >= 0.6 is 11.6 Å². The number of carbonyl (C=O) groups excluding carboxylic acids is 2. The van der Waals surface area contributed by atoms with Gasteiger partial charge < -0.3 is 16.0 Å². The van der Waals surface area contributed by atoms with Crippen molar-refractivity contribution in [1.29, 1.82) is 0 Å². The molecule has 2 amide bonds. The van der Waals surface area contributed by atoms with Crippen molar-refractivity contribution in [2.24, 2.45) is 0 Å². The summed E-state index contributed by atoms with van der Waals surface area (Å²) in [7, 11) is 0. The fraction of sp³-hybridized carbons (Fsp3) is 0.100. The topological polar surface area (TPSA) is 96.0 Å². The first-order valence-corrected chi connectivity index (χ1v) is 8.85. The van der Waals surface area contributed by atoms with Crippen molar-refractivity contribution in [1.82, 2.24) is 9.97 Å². The monoisotopic (exact) mass is 395 g/mol. The molecule has 0 radical (unpaired) electrons. The molecule has 0 saturated carbocycles. The molecular weight excluding hydrogens is 378 g/mol. The lowest BCUT2D eigenvalue weighted by Crippen LogP contribution is -2.15. The fourth-order valence-electron chi connectivity index (χ4n) is 2.49. The highest BCUT2D eigenvalue weighted by molar-refractivity contribution is 6.33. The Bertz CT molecular complexity index is 1020. The Labute approximate surface area is 167 Å². The van der Waals surface area contributed by atoms with Crippen molar-refractivity contribution < 1.29 is 9.59 Å². The second-order valence-electron chi connectivity index (χ2n) is 6.00. The molecule has 0 aliphatic heterocycles. The molecule has 3 aromatic rings. The molecule has 0 bridgehead atoms. The molecule has 3 N–H and O–H groups in total. The summed E-state index contributed by atoms with van der Waals surface area (Å²) in [5.74, 6) is 0.400. The molecule has 8 heteroatoms. The van der Waals surface area contributed by atoms with Gasteiger partial charge in [0.15, 0.2) is 0 Å². The van der Waals surface area contributed by atoms with Gasteiger partial charge in [-0.3, -0.25) is 9.59 Å². The predicted octanol–water partition coefficient (Wildman–Crippen LogP) is 4.39. The molecule has 0 fully saturated rings. The van der Waals surface area contributed by atoms with E-state index in [0.29, 0.717) is 28.0 Å². The molecule has 1 aromatic heterocycles. The zero-order valence-electron chi connectivity index (χ0n) is 15.3. The Hall–Kier alpha value is -3.45. The molecule has 0 atom stereocenters. The van der Waals surface area contributed by atoms with E-state index in [0.717, 1.165) is 5.69 Å². The lowest BCUT2D eigenvalue weighted by Gasteiger charge is -2.10. The summed E-state index contributed by atoms with van der Waals surface area (Å²) in [4.78, 5) is 32.1. The van der Waals surface area contributed by atoms with Crippen LogP contribution in [-0.2, 0) is 4.79 Å². The van der Waals surface area contributed by atoms with E-state index in [9.17, 15) is 9.59 Å². The Morgan fingerprint density at radius 3 is 2.29 bits per heavy atom. The number of amides is 2. The van der Waals surface area contributed by atoms with Crippen LogP contribution in [0.4, 0.5) is 22.9 Å². The average Bonchev–Trinajstić information content (AvgIpc) is 2.64. The van der Waals surface area contributed by atoms with Gasteiger partial charge in [-0.15, -0.1) is 0 Å². The standard InChI is InChI=1S/C20H18ClN5O2/c1-12-22-18(20(28)26-17-6-4-3-5-16(17)21)11-19(23-12)25-15-9-7-14(8-10-15)24-13(2)27/h3-11H,1-2H3,(H,24,27)(H,26,28)(H,22,23,25). The van der Waals surface area contributed by atoms with E-state index < -0.39 is 0 Å². The van der Waals surface area contributed by atoms with Crippen LogP contribution in [-0.4, -0.2) is 21.8 Å². The maximum Gasteiger partial charge on any atom is 0.274 e. The van der Waals surface area contributed by atoms with Crippen molar-refractivity contribution in [2.75, 3.05) is 16.0 Å². The molecule has 28 heavy (non-hydrogen) atoms. The van der Waals surface area contributed by atoms with Crippen LogP contribution in [0.15, 0.2) is 54.6 Å². The first kappa shape index (κ1) is 19.3. The van der Waals surface area contributed by atoms with Crippen molar-refractivity contribution in [3.05, 3.63) is 71.1 Å². The summed E-state index contributed by atoms with van der Waals surface area (Å²) in [6, 6.07) is 15.7. The van der Waals surface area contributed by atoms with Gasteiger partial charge in [0.05, 0.1) is 10.7 Å². The minimum Gasteiger partial charge on any atom is -0.340 e. The van der Waals surface area contributed by atoms with E-state index in [1.807, 2.05) is 0 Å². The first-order chi connectivity index (χ1) is 13.4. The van der Waals surface area contributed by atoms with Crippen molar-refractivity contribution in [3.8, 4) is 0 Å². The third-order valence-electron chi connectivity index (χ3n) is 3.67. The number of rotatable bonds is 5. The molecule has 0 aliphatic rings.